The molecule has 2 aromatic rings. The van der Waals surface area contributed by atoms with E-state index in [0.717, 1.165) is 29.2 Å². The smallest absolute Gasteiger partial charge is 0.374 e. The van der Waals surface area contributed by atoms with E-state index >= 15 is 0 Å². The van der Waals surface area contributed by atoms with Gasteiger partial charge in [0.1, 0.15) is 5.82 Å². The fraction of sp³-hybridized carbons (Fsp3) is 0.227. The molecule has 3 amide bonds. The number of nitriles is 1. The number of carbonyl (C=O) groups is 2. The van der Waals surface area contributed by atoms with Crippen LogP contribution in [0, 0.1) is 17.1 Å². The van der Waals surface area contributed by atoms with Crippen molar-refractivity contribution in [2.75, 3.05) is 25.2 Å². The molecule has 0 bridgehead atoms. The molecule has 0 aromatic heterocycles. The molecule has 1 aliphatic heterocycles. The summed E-state index contributed by atoms with van der Waals surface area (Å²) in [5.74, 6) is -1.45. The van der Waals surface area contributed by atoms with E-state index in [1.54, 1.807) is 0 Å². The SMILES string of the molecule is C=CCOCC1(c2ccc(F)cc2)C(=O)N(c2ccc(C#N)c(C(F)(F)F)c2)C(=O)N1C. The number of hydrogen-bond acceptors (Lipinski definition) is 4. The Morgan fingerprint density at radius 3 is 2.41 bits per heavy atom. The van der Waals surface area contributed by atoms with Crippen molar-refractivity contribution in [1.82, 2.24) is 4.90 Å². The molecule has 0 N–H and O–H groups in total. The van der Waals surface area contributed by atoms with Crippen LogP contribution in [0.25, 0.3) is 0 Å². The second kappa shape index (κ2) is 8.43. The van der Waals surface area contributed by atoms with E-state index in [2.05, 4.69) is 6.58 Å². The van der Waals surface area contributed by atoms with Gasteiger partial charge in [0, 0.05) is 7.05 Å². The summed E-state index contributed by atoms with van der Waals surface area (Å²) in [6.45, 7) is 3.21. The van der Waals surface area contributed by atoms with Crippen LogP contribution in [0.2, 0.25) is 0 Å². The molecule has 1 heterocycles. The standard InChI is InChI=1S/C22H17F4N3O3/c1-3-10-32-13-21(15-5-7-16(23)8-6-15)19(30)29(20(31)28(21)2)17-9-4-14(12-27)18(11-17)22(24,25)26/h3-9,11H,1,10,13H2,2H3. The number of hydrogen-bond donors (Lipinski definition) is 0. The molecule has 0 saturated carbocycles. The minimum absolute atomic E-state index is 0.0351. The zero-order valence-corrected chi connectivity index (χ0v) is 16.8. The van der Waals surface area contributed by atoms with E-state index in [1.165, 1.54) is 31.3 Å². The molecule has 2 aromatic carbocycles. The fourth-order valence-corrected chi connectivity index (χ4v) is 3.53. The molecule has 10 heteroatoms. The number of benzene rings is 2. The number of likely N-dealkylation sites (N-methyl/N-ethyl adjacent to an activating group) is 1. The summed E-state index contributed by atoms with van der Waals surface area (Å²) in [6.07, 6.45) is -3.45. The molecule has 1 saturated heterocycles. The fourth-order valence-electron chi connectivity index (χ4n) is 3.53. The average molecular weight is 447 g/mol. The lowest BCUT2D eigenvalue weighted by Crippen LogP contribution is -2.49. The van der Waals surface area contributed by atoms with E-state index in [0.29, 0.717) is 11.0 Å². The molecule has 32 heavy (non-hydrogen) atoms. The number of rotatable bonds is 6. The predicted molar refractivity (Wildman–Crippen MR) is 106 cm³/mol. The molecule has 1 atom stereocenters. The summed E-state index contributed by atoms with van der Waals surface area (Å²) in [5.41, 5.74) is -3.81. The number of nitrogens with zero attached hydrogens (tertiary/aromatic N) is 3. The van der Waals surface area contributed by atoms with Crippen molar-refractivity contribution in [3.8, 4) is 6.07 Å². The molecule has 6 nitrogen and oxygen atoms in total. The van der Waals surface area contributed by atoms with E-state index in [-0.39, 0.29) is 24.5 Å². The summed E-state index contributed by atoms with van der Waals surface area (Å²) in [5, 5.41) is 9.00. The number of amides is 3. The summed E-state index contributed by atoms with van der Waals surface area (Å²) in [7, 11) is 1.30. The van der Waals surface area contributed by atoms with Crippen LogP contribution in [0.1, 0.15) is 16.7 Å². The number of anilines is 1. The zero-order chi connectivity index (χ0) is 23.7. The van der Waals surface area contributed by atoms with Gasteiger partial charge in [-0.1, -0.05) is 18.2 Å². The van der Waals surface area contributed by atoms with Gasteiger partial charge in [-0.2, -0.15) is 18.4 Å². The van der Waals surface area contributed by atoms with E-state index in [1.807, 2.05) is 0 Å². The van der Waals surface area contributed by atoms with Crippen LogP contribution in [0.4, 0.5) is 28.0 Å². The molecule has 3 rings (SSSR count). The predicted octanol–water partition coefficient (Wildman–Crippen LogP) is 4.21. The molecule has 1 unspecified atom stereocenters. The Kier molecular flexibility index (Phi) is 6.05. The van der Waals surface area contributed by atoms with E-state index < -0.39 is 40.6 Å². The number of urea groups is 1. The first-order valence-electron chi connectivity index (χ1n) is 9.26. The first kappa shape index (κ1) is 23.0. The van der Waals surface area contributed by atoms with Crippen LogP contribution < -0.4 is 4.90 Å². The molecule has 1 fully saturated rings. The summed E-state index contributed by atoms with van der Waals surface area (Å²) in [6, 6.07) is 7.91. The van der Waals surface area contributed by atoms with Gasteiger partial charge in [-0.25, -0.2) is 14.1 Å². The third-order valence-corrected chi connectivity index (χ3v) is 5.16. The summed E-state index contributed by atoms with van der Waals surface area (Å²) >= 11 is 0. The Hall–Kier alpha value is -3.71. The third kappa shape index (κ3) is 3.71. The van der Waals surface area contributed by atoms with Gasteiger partial charge in [0.2, 0.25) is 0 Å². The van der Waals surface area contributed by atoms with E-state index in [4.69, 9.17) is 10.00 Å². The maximum Gasteiger partial charge on any atom is 0.417 e. The minimum Gasteiger partial charge on any atom is -0.374 e. The molecule has 0 radical (unpaired) electrons. The molecule has 1 aliphatic rings. The van der Waals surface area contributed by atoms with E-state index in [9.17, 15) is 27.2 Å². The van der Waals surface area contributed by atoms with Crippen molar-refractivity contribution in [1.29, 1.82) is 5.26 Å². The summed E-state index contributed by atoms with van der Waals surface area (Å²) in [4.78, 5) is 28.2. The molecule has 0 spiro atoms. The monoisotopic (exact) mass is 447 g/mol. The lowest BCUT2D eigenvalue weighted by Gasteiger charge is -2.32. The van der Waals surface area contributed by atoms with Gasteiger partial charge in [-0.05, 0) is 35.9 Å². The van der Waals surface area contributed by atoms with Crippen molar-refractivity contribution in [2.45, 2.75) is 11.7 Å². The molecular formula is C22H17F4N3O3. The second-order valence-corrected chi connectivity index (χ2v) is 6.99. The Morgan fingerprint density at radius 1 is 1.19 bits per heavy atom. The number of carbonyl (C=O) groups excluding carboxylic acids is 2. The Balaban J connectivity index is 2.16. The van der Waals surface area contributed by atoms with Crippen LogP contribution in [0.3, 0.4) is 0 Å². The van der Waals surface area contributed by atoms with Gasteiger partial charge in [0.15, 0.2) is 5.54 Å². The molecule has 0 aliphatic carbocycles. The van der Waals surface area contributed by atoms with Crippen molar-refractivity contribution >= 4 is 17.6 Å². The Bertz CT molecular complexity index is 1110. The maximum absolute atomic E-state index is 13.6. The van der Waals surface area contributed by atoms with Crippen molar-refractivity contribution < 1.29 is 31.9 Å². The minimum atomic E-state index is -4.88. The normalized spacial score (nSPS) is 18.8. The van der Waals surface area contributed by atoms with Gasteiger partial charge < -0.3 is 9.64 Å². The second-order valence-electron chi connectivity index (χ2n) is 6.99. The number of imide groups is 1. The first-order valence-corrected chi connectivity index (χ1v) is 9.26. The van der Waals surface area contributed by atoms with Crippen LogP contribution in [-0.4, -0.2) is 37.1 Å². The maximum atomic E-state index is 13.6. The number of halogens is 4. The zero-order valence-electron chi connectivity index (χ0n) is 16.8. The van der Waals surface area contributed by atoms with Crippen LogP contribution >= 0.6 is 0 Å². The van der Waals surface area contributed by atoms with Crippen molar-refractivity contribution in [3.63, 3.8) is 0 Å². The highest BCUT2D eigenvalue weighted by atomic mass is 19.4. The van der Waals surface area contributed by atoms with Gasteiger partial charge in [0.25, 0.3) is 5.91 Å². The van der Waals surface area contributed by atoms with Crippen molar-refractivity contribution in [3.05, 3.63) is 77.6 Å². The number of alkyl halides is 3. The Morgan fingerprint density at radius 2 is 1.84 bits per heavy atom. The number of ether oxygens (including phenoxy) is 1. The van der Waals surface area contributed by atoms with Gasteiger partial charge in [-0.3, -0.25) is 4.79 Å². The quantitative estimate of drug-likeness (QED) is 0.288. The summed E-state index contributed by atoms with van der Waals surface area (Å²) < 4.78 is 59.2. The topological polar surface area (TPSA) is 73.6 Å². The first-order chi connectivity index (χ1) is 15.1. The van der Waals surface area contributed by atoms with Crippen LogP contribution in [0.5, 0.6) is 0 Å². The van der Waals surface area contributed by atoms with Gasteiger partial charge in [-0.15, -0.1) is 6.58 Å². The van der Waals surface area contributed by atoms with Crippen LogP contribution in [-0.2, 0) is 21.2 Å². The lowest BCUT2D eigenvalue weighted by atomic mass is 9.89. The highest BCUT2D eigenvalue weighted by molar-refractivity contribution is 6.23. The average Bonchev–Trinajstić information content (AvgIpc) is 2.94. The Labute approximate surface area is 180 Å². The largest absolute Gasteiger partial charge is 0.417 e. The lowest BCUT2D eigenvalue weighted by molar-refractivity contribution is -0.137. The molecule has 166 valence electrons. The highest BCUT2D eigenvalue weighted by Gasteiger charge is 2.58. The van der Waals surface area contributed by atoms with Crippen molar-refractivity contribution in [2.24, 2.45) is 0 Å². The van der Waals surface area contributed by atoms with Crippen LogP contribution in [0.15, 0.2) is 55.1 Å². The third-order valence-electron chi connectivity index (χ3n) is 5.16. The highest BCUT2D eigenvalue weighted by Crippen LogP contribution is 2.41. The molecular weight excluding hydrogens is 430 g/mol. The van der Waals surface area contributed by atoms with Gasteiger partial charge in [0.05, 0.1) is 36.1 Å². The van der Waals surface area contributed by atoms with Gasteiger partial charge >= 0.3 is 12.2 Å².